The summed E-state index contributed by atoms with van der Waals surface area (Å²) in [7, 11) is 1.66. The highest BCUT2D eigenvalue weighted by Crippen LogP contribution is 2.33. The number of nitrogens with zero attached hydrogens (tertiary/aromatic N) is 3. The van der Waals surface area contributed by atoms with Gasteiger partial charge in [-0.3, -0.25) is 14.3 Å². The largest absolute Gasteiger partial charge is 0.618 e. The van der Waals surface area contributed by atoms with Crippen molar-refractivity contribution < 1.29 is 18.7 Å². The number of halogens is 2. The summed E-state index contributed by atoms with van der Waals surface area (Å²) in [6.45, 7) is 3.74. The summed E-state index contributed by atoms with van der Waals surface area (Å²) in [5.74, 6) is -0.911. The summed E-state index contributed by atoms with van der Waals surface area (Å²) < 4.78 is 17.2. The van der Waals surface area contributed by atoms with E-state index in [0.29, 0.717) is 21.9 Å². The summed E-state index contributed by atoms with van der Waals surface area (Å²) in [6.07, 6.45) is 6.33. The fourth-order valence-corrected chi connectivity index (χ4v) is 5.07. The van der Waals surface area contributed by atoms with Crippen molar-refractivity contribution in [3.63, 3.8) is 0 Å². The van der Waals surface area contributed by atoms with Crippen LogP contribution in [-0.4, -0.2) is 27.6 Å². The Hall–Kier alpha value is -3.46. The van der Waals surface area contributed by atoms with Gasteiger partial charge in [-0.15, -0.1) is 0 Å². The molecule has 0 aliphatic heterocycles. The summed E-state index contributed by atoms with van der Waals surface area (Å²) in [5, 5.41) is 21.9. The molecular weight excluding hydrogens is 485 g/mol. The van der Waals surface area contributed by atoms with Crippen LogP contribution in [0.3, 0.4) is 0 Å². The molecule has 1 atom stereocenters. The number of hydrogen-bond acceptors (Lipinski definition) is 4. The smallest absolute Gasteiger partial charge is 0.270 e. The van der Waals surface area contributed by atoms with E-state index < -0.39 is 23.7 Å². The molecule has 0 spiro atoms. The molecule has 3 aromatic rings. The maximum atomic E-state index is 15.1. The first-order chi connectivity index (χ1) is 17.2. The first-order valence-electron chi connectivity index (χ1n) is 11.9. The molecule has 36 heavy (non-hydrogen) atoms. The minimum Gasteiger partial charge on any atom is -0.618 e. The maximum absolute atomic E-state index is 15.1. The van der Waals surface area contributed by atoms with Crippen molar-refractivity contribution in [1.29, 1.82) is 0 Å². The van der Waals surface area contributed by atoms with Gasteiger partial charge >= 0.3 is 0 Å². The molecule has 0 radical (unpaired) electrons. The van der Waals surface area contributed by atoms with Crippen LogP contribution in [0.15, 0.2) is 42.7 Å². The van der Waals surface area contributed by atoms with E-state index in [4.69, 9.17) is 11.6 Å². The minimum absolute atomic E-state index is 0.0410. The number of carbonyl (C=O) groups is 2. The minimum atomic E-state index is -0.784. The lowest BCUT2D eigenvalue weighted by molar-refractivity contribution is -0.611. The Morgan fingerprint density at radius 3 is 2.58 bits per heavy atom. The summed E-state index contributed by atoms with van der Waals surface area (Å²) in [5.41, 5.74) is 1.30. The number of aryl methyl sites for hydroxylation is 1. The SMILES string of the molecule is Cc1c(-c2ccc(NC(=O)[C@@H](NC(=O)c3ccnn3C)C3CCC(C)CC3)cc2F)c(Cl)cc[n+]1[O-]. The zero-order valence-corrected chi connectivity index (χ0v) is 21.2. The lowest BCUT2D eigenvalue weighted by atomic mass is 9.79. The molecule has 2 N–H and O–H groups in total. The Bertz CT molecular complexity index is 1290. The lowest BCUT2D eigenvalue weighted by Gasteiger charge is -2.32. The van der Waals surface area contributed by atoms with Gasteiger partial charge < -0.3 is 15.8 Å². The number of rotatable bonds is 6. The van der Waals surface area contributed by atoms with Gasteiger partial charge in [0.05, 0.1) is 10.6 Å². The highest BCUT2D eigenvalue weighted by Gasteiger charge is 2.33. The van der Waals surface area contributed by atoms with Gasteiger partial charge in [0.1, 0.15) is 17.6 Å². The van der Waals surface area contributed by atoms with Crippen LogP contribution in [0.5, 0.6) is 0 Å². The van der Waals surface area contributed by atoms with Crippen molar-refractivity contribution in [3.8, 4) is 11.1 Å². The van der Waals surface area contributed by atoms with Crippen molar-refractivity contribution in [2.45, 2.75) is 45.6 Å². The molecule has 190 valence electrons. The monoisotopic (exact) mass is 513 g/mol. The number of hydrogen-bond donors (Lipinski definition) is 2. The molecule has 2 heterocycles. The number of anilines is 1. The third-order valence-corrected chi connectivity index (χ3v) is 7.26. The second-order valence-corrected chi connectivity index (χ2v) is 9.85. The summed E-state index contributed by atoms with van der Waals surface area (Å²) >= 11 is 6.24. The van der Waals surface area contributed by atoms with Crippen LogP contribution < -0.4 is 15.4 Å². The maximum Gasteiger partial charge on any atom is 0.270 e. The molecule has 4 rings (SSSR count). The van der Waals surface area contributed by atoms with Gasteiger partial charge in [0.2, 0.25) is 5.91 Å². The van der Waals surface area contributed by atoms with Crippen molar-refractivity contribution in [2.75, 3.05) is 5.32 Å². The molecule has 8 nitrogen and oxygen atoms in total. The van der Waals surface area contributed by atoms with E-state index in [9.17, 15) is 14.8 Å². The normalized spacial score (nSPS) is 18.5. The van der Waals surface area contributed by atoms with Crippen LogP contribution in [0.4, 0.5) is 10.1 Å². The van der Waals surface area contributed by atoms with Crippen molar-refractivity contribution in [3.05, 3.63) is 70.2 Å². The van der Waals surface area contributed by atoms with Crippen LogP contribution in [0.2, 0.25) is 5.02 Å². The third-order valence-electron chi connectivity index (χ3n) is 6.95. The molecule has 2 amide bonds. The predicted octanol–water partition coefficient (Wildman–Crippen LogP) is 4.38. The van der Waals surface area contributed by atoms with E-state index in [1.807, 2.05) is 0 Å². The zero-order chi connectivity index (χ0) is 26.0. The van der Waals surface area contributed by atoms with Crippen LogP contribution in [0.1, 0.15) is 48.8 Å². The number of benzene rings is 1. The molecule has 1 aliphatic carbocycles. The molecule has 1 fully saturated rings. The first kappa shape index (κ1) is 25.6. The quantitative estimate of drug-likeness (QED) is 0.377. The molecule has 0 unspecified atom stereocenters. The molecule has 10 heteroatoms. The average molecular weight is 514 g/mol. The van der Waals surface area contributed by atoms with Gasteiger partial charge in [-0.25, -0.2) is 4.39 Å². The van der Waals surface area contributed by atoms with Crippen molar-refractivity contribution in [2.24, 2.45) is 18.9 Å². The number of carbonyl (C=O) groups excluding carboxylic acids is 2. The van der Waals surface area contributed by atoms with E-state index in [1.54, 1.807) is 26.1 Å². The van der Waals surface area contributed by atoms with Crippen LogP contribution >= 0.6 is 11.6 Å². The Labute approximate surface area is 214 Å². The van der Waals surface area contributed by atoms with E-state index >= 15 is 4.39 Å². The summed E-state index contributed by atoms with van der Waals surface area (Å²) in [6, 6.07) is 6.43. The topological polar surface area (TPSA) is 103 Å². The first-order valence-corrected chi connectivity index (χ1v) is 12.3. The molecule has 1 saturated carbocycles. The highest BCUT2D eigenvalue weighted by molar-refractivity contribution is 6.33. The van der Waals surface area contributed by atoms with E-state index in [1.165, 1.54) is 35.3 Å². The molecule has 1 aliphatic rings. The molecular formula is C26H29ClFN5O3. The highest BCUT2D eigenvalue weighted by atomic mass is 35.5. The molecule has 0 saturated heterocycles. The number of pyridine rings is 1. The number of aromatic nitrogens is 3. The second kappa shape index (κ2) is 10.7. The van der Waals surface area contributed by atoms with Gasteiger partial charge in [-0.2, -0.15) is 9.83 Å². The van der Waals surface area contributed by atoms with E-state index in [0.717, 1.165) is 25.7 Å². The lowest BCUT2D eigenvalue weighted by Crippen LogP contribution is -2.49. The van der Waals surface area contributed by atoms with Gasteiger partial charge in [0.15, 0.2) is 11.9 Å². The Balaban J connectivity index is 1.57. The van der Waals surface area contributed by atoms with Gasteiger partial charge in [0.25, 0.3) is 5.91 Å². The average Bonchev–Trinajstić information content (AvgIpc) is 3.28. The fraction of sp³-hybridized carbons (Fsp3) is 0.385. The van der Waals surface area contributed by atoms with Crippen molar-refractivity contribution >= 4 is 29.1 Å². The van der Waals surface area contributed by atoms with Crippen LogP contribution in [0.25, 0.3) is 11.1 Å². The Morgan fingerprint density at radius 1 is 1.22 bits per heavy atom. The third kappa shape index (κ3) is 5.36. The zero-order valence-electron chi connectivity index (χ0n) is 20.4. The molecule has 0 bridgehead atoms. The van der Waals surface area contributed by atoms with Gasteiger partial charge in [-0.1, -0.05) is 31.4 Å². The summed E-state index contributed by atoms with van der Waals surface area (Å²) in [4.78, 5) is 26.3. The fourth-order valence-electron chi connectivity index (χ4n) is 4.78. The van der Waals surface area contributed by atoms with Gasteiger partial charge in [-0.05, 0) is 48.9 Å². The van der Waals surface area contributed by atoms with E-state index in [-0.39, 0.29) is 27.9 Å². The van der Waals surface area contributed by atoms with Crippen LogP contribution in [-0.2, 0) is 11.8 Å². The predicted molar refractivity (Wildman–Crippen MR) is 135 cm³/mol. The second-order valence-electron chi connectivity index (χ2n) is 9.44. The Kier molecular flexibility index (Phi) is 7.59. The molecule has 2 aromatic heterocycles. The molecule has 1 aromatic carbocycles. The number of amides is 2. The Morgan fingerprint density at radius 2 is 1.94 bits per heavy atom. The van der Waals surface area contributed by atoms with Crippen molar-refractivity contribution in [1.82, 2.24) is 15.1 Å². The standard InChI is InChI=1S/C26H29ClFN5O3/c1-15-4-6-17(7-5-15)24(31-25(34)22-10-12-29-32(22)3)26(35)30-18-8-9-19(21(28)14-18)23-16(2)33(36)13-11-20(23)27/h8-15,17,24H,4-7H2,1-3H3,(H,30,35)(H,31,34)/t15?,17?,24-/m0/s1. The van der Waals surface area contributed by atoms with E-state index in [2.05, 4.69) is 22.7 Å². The number of nitrogens with one attached hydrogen (secondary N) is 2. The van der Waals surface area contributed by atoms with Gasteiger partial charge in [0, 0.05) is 37.5 Å². The van der Waals surface area contributed by atoms with Crippen LogP contribution in [0, 0.1) is 29.8 Å².